The van der Waals surface area contributed by atoms with E-state index in [0.717, 1.165) is 0 Å². The van der Waals surface area contributed by atoms with E-state index in [1.54, 1.807) is 31.4 Å². The molecule has 0 bridgehead atoms. The lowest BCUT2D eigenvalue weighted by Gasteiger charge is -2.33. The molecular weight excluding hydrogens is 326 g/mol. The first kappa shape index (κ1) is 18.9. The summed E-state index contributed by atoms with van der Waals surface area (Å²) in [5, 5.41) is 12.1. The van der Waals surface area contributed by atoms with E-state index in [-0.39, 0.29) is 31.1 Å². The predicted octanol–water partition coefficient (Wildman–Crippen LogP) is 1.66. The molecular formula is C18H23NO6. The molecule has 7 nitrogen and oxygen atoms in total. The Morgan fingerprint density at radius 1 is 1.16 bits per heavy atom. The molecule has 1 heterocycles. The second-order valence-corrected chi connectivity index (χ2v) is 6.13. The van der Waals surface area contributed by atoms with Crippen LogP contribution in [-0.4, -0.2) is 49.6 Å². The number of ether oxygens (including phenoxy) is 2. The summed E-state index contributed by atoms with van der Waals surface area (Å²) in [7, 11) is 1.55. The van der Waals surface area contributed by atoms with Gasteiger partial charge in [-0.05, 0) is 37.1 Å². The number of aliphatic carboxylic acids is 1. The van der Waals surface area contributed by atoms with E-state index in [4.69, 9.17) is 9.47 Å². The lowest BCUT2D eigenvalue weighted by Crippen LogP contribution is -2.46. The van der Waals surface area contributed by atoms with Crippen LogP contribution in [0, 0.1) is 5.41 Å². The highest BCUT2D eigenvalue weighted by molar-refractivity contribution is 5.98. The maximum Gasteiger partial charge on any atom is 0.311 e. The van der Waals surface area contributed by atoms with Gasteiger partial charge in [0.1, 0.15) is 5.75 Å². The molecule has 2 rings (SSSR count). The van der Waals surface area contributed by atoms with E-state index < -0.39 is 11.4 Å². The van der Waals surface area contributed by atoms with Crippen LogP contribution >= 0.6 is 0 Å². The molecule has 0 spiro atoms. The van der Waals surface area contributed by atoms with Crippen molar-refractivity contribution in [2.75, 3.05) is 26.9 Å². The van der Waals surface area contributed by atoms with E-state index >= 15 is 0 Å². The number of rotatable bonds is 8. The minimum absolute atomic E-state index is 0.0249. The Labute approximate surface area is 146 Å². The van der Waals surface area contributed by atoms with Gasteiger partial charge < -0.3 is 19.9 Å². The molecule has 0 aromatic heterocycles. The molecule has 25 heavy (non-hydrogen) atoms. The van der Waals surface area contributed by atoms with E-state index in [1.807, 2.05) is 0 Å². The van der Waals surface area contributed by atoms with Crippen molar-refractivity contribution in [3.63, 3.8) is 0 Å². The van der Waals surface area contributed by atoms with Crippen molar-refractivity contribution in [3.05, 3.63) is 29.8 Å². The van der Waals surface area contributed by atoms with Crippen molar-refractivity contribution in [1.29, 1.82) is 0 Å². The van der Waals surface area contributed by atoms with E-state index in [9.17, 15) is 19.5 Å². The molecule has 0 aliphatic carbocycles. The first-order valence-corrected chi connectivity index (χ1v) is 8.22. The maximum atomic E-state index is 12.1. The van der Waals surface area contributed by atoms with Crippen molar-refractivity contribution < 1.29 is 29.0 Å². The van der Waals surface area contributed by atoms with Crippen LogP contribution in [0.2, 0.25) is 0 Å². The van der Waals surface area contributed by atoms with Crippen molar-refractivity contribution in [3.8, 4) is 5.75 Å². The molecule has 1 fully saturated rings. The Balaban J connectivity index is 1.81. The number of Topliss-reactive ketones (excluding diaryl/α,β-unsaturated/α-hetero) is 1. The summed E-state index contributed by atoms with van der Waals surface area (Å²) in [6.07, 6.45) is 0.833. The Morgan fingerprint density at radius 3 is 2.36 bits per heavy atom. The molecule has 136 valence electrons. The molecule has 0 saturated carbocycles. The summed E-state index contributed by atoms with van der Waals surface area (Å²) in [6.45, 7) is 0.803. The number of ketones is 1. The van der Waals surface area contributed by atoms with Crippen molar-refractivity contribution in [2.45, 2.75) is 25.7 Å². The summed E-state index contributed by atoms with van der Waals surface area (Å²) in [4.78, 5) is 35.6. The fourth-order valence-electron chi connectivity index (χ4n) is 2.73. The average molecular weight is 349 g/mol. The summed E-state index contributed by atoms with van der Waals surface area (Å²) >= 11 is 0. The Bertz CT molecular complexity index is 619. The van der Waals surface area contributed by atoms with Crippen LogP contribution in [0.5, 0.6) is 5.75 Å². The smallest absolute Gasteiger partial charge is 0.311 e. The molecule has 0 unspecified atom stereocenters. The highest BCUT2D eigenvalue weighted by atomic mass is 16.5. The number of methoxy groups -OCH3 is 1. The van der Waals surface area contributed by atoms with Crippen LogP contribution in [0.3, 0.4) is 0 Å². The molecule has 1 amide bonds. The van der Waals surface area contributed by atoms with E-state index in [0.29, 0.717) is 37.4 Å². The topological polar surface area (TPSA) is 102 Å². The monoisotopic (exact) mass is 349 g/mol. The molecule has 7 heteroatoms. The number of carbonyl (C=O) groups is 3. The SMILES string of the molecule is COc1ccc(C(=O)CCC(=O)NCC2(C(=O)O)CCOCC2)cc1. The number of carbonyl (C=O) groups excluding carboxylic acids is 2. The van der Waals surface area contributed by atoms with Crippen LogP contribution in [0.1, 0.15) is 36.0 Å². The third-order valence-corrected chi connectivity index (χ3v) is 4.52. The molecule has 2 N–H and O–H groups in total. The molecule has 1 aliphatic rings. The lowest BCUT2D eigenvalue weighted by atomic mass is 9.80. The van der Waals surface area contributed by atoms with E-state index in [2.05, 4.69) is 5.32 Å². The zero-order valence-electron chi connectivity index (χ0n) is 14.2. The normalized spacial score (nSPS) is 16.0. The second-order valence-electron chi connectivity index (χ2n) is 6.13. The molecule has 1 saturated heterocycles. The summed E-state index contributed by atoms with van der Waals surface area (Å²) < 4.78 is 10.2. The average Bonchev–Trinajstić information content (AvgIpc) is 2.65. The standard InChI is InChI=1S/C18H23NO6/c1-24-14-4-2-13(3-5-14)15(20)6-7-16(21)19-12-18(17(22)23)8-10-25-11-9-18/h2-5H,6-12H2,1H3,(H,19,21)(H,22,23). The zero-order chi connectivity index (χ0) is 18.3. The fourth-order valence-corrected chi connectivity index (χ4v) is 2.73. The number of carboxylic acid groups (broad SMARTS) is 1. The first-order chi connectivity index (χ1) is 12.0. The fraction of sp³-hybridized carbons (Fsp3) is 0.500. The Kier molecular flexibility index (Phi) is 6.52. The first-order valence-electron chi connectivity index (χ1n) is 8.22. The Morgan fingerprint density at radius 2 is 1.80 bits per heavy atom. The summed E-state index contributed by atoms with van der Waals surface area (Å²) in [6, 6.07) is 6.69. The van der Waals surface area contributed by atoms with Gasteiger partial charge in [0.2, 0.25) is 5.91 Å². The van der Waals surface area contributed by atoms with Crippen LogP contribution in [-0.2, 0) is 14.3 Å². The second kappa shape index (κ2) is 8.62. The molecule has 1 aromatic carbocycles. The minimum Gasteiger partial charge on any atom is -0.497 e. The van der Waals surface area contributed by atoms with Crippen LogP contribution in [0.4, 0.5) is 0 Å². The van der Waals surface area contributed by atoms with E-state index in [1.165, 1.54) is 0 Å². The van der Waals surface area contributed by atoms with Gasteiger partial charge >= 0.3 is 5.97 Å². The van der Waals surface area contributed by atoms with Gasteiger partial charge in [0.05, 0.1) is 12.5 Å². The molecule has 1 aliphatic heterocycles. The van der Waals surface area contributed by atoms with Gasteiger partial charge in [0.15, 0.2) is 5.78 Å². The zero-order valence-corrected chi connectivity index (χ0v) is 14.2. The van der Waals surface area contributed by atoms with Gasteiger partial charge in [-0.25, -0.2) is 0 Å². The molecule has 0 radical (unpaired) electrons. The number of benzene rings is 1. The molecule has 1 aromatic rings. The largest absolute Gasteiger partial charge is 0.497 e. The highest BCUT2D eigenvalue weighted by Crippen LogP contribution is 2.30. The molecule has 0 atom stereocenters. The van der Waals surface area contributed by atoms with Gasteiger partial charge in [-0.2, -0.15) is 0 Å². The van der Waals surface area contributed by atoms with Crippen molar-refractivity contribution in [1.82, 2.24) is 5.32 Å². The quantitative estimate of drug-likeness (QED) is 0.692. The number of hydrogen-bond donors (Lipinski definition) is 2. The predicted molar refractivity (Wildman–Crippen MR) is 89.7 cm³/mol. The van der Waals surface area contributed by atoms with Crippen LogP contribution in [0.15, 0.2) is 24.3 Å². The number of hydrogen-bond acceptors (Lipinski definition) is 5. The van der Waals surface area contributed by atoms with Gasteiger partial charge in [0.25, 0.3) is 0 Å². The maximum absolute atomic E-state index is 12.1. The van der Waals surface area contributed by atoms with Gasteiger partial charge in [-0.3, -0.25) is 14.4 Å². The Hall–Kier alpha value is -2.41. The van der Waals surface area contributed by atoms with Gasteiger partial charge in [-0.1, -0.05) is 0 Å². The number of amides is 1. The number of carboxylic acids is 1. The minimum atomic E-state index is -0.978. The number of nitrogens with one attached hydrogen (secondary N) is 1. The third-order valence-electron chi connectivity index (χ3n) is 4.52. The van der Waals surface area contributed by atoms with Crippen LogP contribution < -0.4 is 10.1 Å². The van der Waals surface area contributed by atoms with Crippen LogP contribution in [0.25, 0.3) is 0 Å². The van der Waals surface area contributed by atoms with Gasteiger partial charge in [-0.15, -0.1) is 0 Å². The van der Waals surface area contributed by atoms with Crippen molar-refractivity contribution in [2.24, 2.45) is 5.41 Å². The van der Waals surface area contributed by atoms with Crippen molar-refractivity contribution >= 4 is 17.7 Å². The highest BCUT2D eigenvalue weighted by Gasteiger charge is 2.40. The van der Waals surface area contributed by atoms with Gasteiger partial charge in [0, 0.05) is 38.2 Å². The third kappa shape index (κ3) is 5.03. The lowest BCUT2D eigenvalue weighted by molar-refractivity contribution is -0.154. The summed E-state index contributed by atoms with van der Waals surface area (Å²) in [5.74, 6) is -0.735. The summed E-state index contributed by atoms with van der Waals surface area (Å²) in [5.41, 5.74) is -0.464.